The Morgan fingerprint density at radius 1 is 1.41 bits per heavy atom. The summed E-state index contributed by atoms with van der Waals surface area (Å²) in [5.41, 5.74) is 0.994. The molecule has 3 heteroatoms. The summed E-state index contributed by atoms with van der Waals surface area (Å²) in [5, 5.41) is 9.22. The van der Waals surface area contributed by atoms with E-state index >= 15 is 0 Å². The standard InChI is InChI=1S/C14H18O3/c1-3-5-12(10-14(16)17-4-2)11-6-8-13(15)9-7-11/h3,5-9,12,15H,4,10H2,1-2H3/b5-3+/t12-/m1/s1. The SMILES string of the molecule is C/C=C/[C@H](CC(=O)OCC)c1ccc(O)cc1. The molecule has 0 heterocycles. The molecule has 1 N–H and O–H groups in total. The van der Waals surface area contributed by atoms with E-state index in [9.17, 15) is 9.90 Å². The maximum Gasteiger partial charge on any atom is 0.306 e. The monoisotopic (exact) mass is 234 g/mol. The molecule has 1 aromatic carbocycles. The molecule has 0 amide bonds. The summed E-state index contributed by atoms with van der Waals surface area (Å²) in [6, 6.07) is 6.88. The largest absolute Gasteiger partial charge is 0.508 e. The van der Waals surface area contributed by atoms with Crippen molar-refractivity contribution in [3.05, 3.63) is 42.0 Å². The van der Waals surface area contributed by atoms with Crippen molar-refractivity contribution >= 4 is 5.97 Å². The first-order chi connectivity index (χ1) is 8.17. The van der Waals surface area contributed by atoms with Gasteiger partial charge in [-0.15, -0.1) is 0 Å². The average molecular weight is 234 g/mol. The lowest BCUT2D eigenvalue weighted by Crippen LogP contribution is -2.09. The van der Waals surface area contributed by atoms with E-state index in [-0.39, 0.29) is 17.6 Å². The number of hydrogen-bond acceptors (Lipinski definition) is 3. The summed E-state index contributed by atoms with van der Waals surface area (Å²) >= 11 is 0. The minimum atomic E-state index is -0.205. The molecule has 3 nitrogen and oxygen atoms in total. The van der Waals surface area contributed by atoms with Crippen LogP contribution in [0.5, 0.6) is 5.75 Å². The average Bonchev–Trinajstić information content (AvgIpc) is 2.30. The molecular weight excluding hydrogens is 216 g/mol. The van der Waals surface area contributed by atoms with Gasteiger partial charge in [-0.25, -0.2) is 0 Å². The van der Waals surface area contributed by atoms with Gasteiger partial charge in [0.2, 0.25) is 0 Å². The molecule has 0 radical (unpaired) electrons. The predicted octanol–water partition coefficient (Wildman–Crippen LogP) is 3.01. The van der Waals surface area contributed by atoms with E-state index in [1.165, 1.54) is 0 Å². The van der Waals surface area contributed by atoms with E-state index in [0.29, 0.717) is 13.0 Å². The van der Waals surface area contributed by atoms with Crippen LogP contribution >= 0.6 is 0 Å². The minimum Gasteiger partial charge on any atom is -0.508 e. The van der Waals surface area contributed by atoms with Crippen LogP contribution < -0.4 is 0 Å². The molecule has 1 atom stereocenters. The number of ether oxygens (including phenoxy) is 1. The van der Waals surface area contributed by atoms with Crippen molar-refractivity contribution in [1.29, 1.82) is 0 Å². The molecule has 0 saturated carbocycles. The van der Waals surface area contributed by atoms with Gasteiger partial charge in [-0.3, -0.25) is 4.79 Å². The molecule has 1 aromatic rings. The van der Waals surface area contributed by atoms with Crippen molar-refractivity contribution in [3.8, 4) is 5.75 Å². The number of aromatic hydroxyl groups is 1. The van der Waals surface area contributed by atoms with Gasteiger partial charge >= 0.3 is 5.97 Å². The van der Waals surface area contributed by atoms with Crippen LogP contribution in [-0.2, 0) is 9.53 Å². The molecule has 0 aromatic heterocycles. The Hall–Kier alpha value is -1.77. The predicted molar refractivity (Wildman–Crippen MR) is 66.9 cm³/mol. The number of carbonyl (C=O) groups is 1. The zero-order valence-electron chi connectivity index (χ0n) is 10.2. The van der Waals surface area contributed by atoms with Gasteiger partial charge in [-0.05, 0) is 31.5 Å². The topological polar surface area (TPSA) is 46.5 Å². The van der Waals surface area contributed by atoms with Crippen molar-refractivity contribution in [3.63, 3.8) is 0 Å². The summed E-state index contributed by atoms with van der Waals surface area (Å²) in [5.74, 6) is 0.0208. The summed E-state index contributed by atoms with van der Waals surface area (Å²) in [6.07, 6.45) is 4.20. The Morgan fingerprint density at radius 2 is 2.06 bits per heavy atom. The second kappa shape index (κ2) is 6.74. The van der Waals surface area contributed by atoms with E-state index in [1.54, 1.807) is 19.1 Å². The number of phenols is 1. The Balaban J connectivity index is 2.78. The fraction of sp³-hybridized carbons (Fsp3) is 0.357. The molecule has 0 spiro atoms. The van der Waals surface area contributed by atoms with Crippen LogP contribution in [0.4, 0.5) is 0 Å². The normalized spacial score (nSPS) is 12.6. The first kappa shape index (κ1) is 13.3. The maximum absolute atomic E-state index is 11.5. The van der Waals surface area contributed by atoms with Crippen LogP contribution in [0, 0.1) is 0 Å². The van der Waals surface area contributed by atoms with Crippen LogP contribution in [0.15, 0.2) is 36.4 Å². The highest BCUT2D eigenvalue weighted by Gasteiger charge is 2.13. The highest BCUT2D eigenvalue weighted by atomic mass is 16.5. The highest BCUT2D eigenvalue weighted by molar-refractivity contribution is 5.71. The van der Waals surface area contributed by atoms with Crippen molar-refractivity contribution < 1.29 is 14.6 Å². The van der Waals surface area contributed by atoms with Gasteiger partial charge in [0.1, 0.15) is 5.75 Å². The van der Waals surface area contributed by atoms with Crippen molar-refractivity contribution in [2.45, 2.75) is 26.2 Å². The van der Waals surface area contributed by atoms with E-state index in [4.69, 9.17) is 4.74 Å². The molecule has 17 heavy (non-hydrogen) atoms. The first-order valence-corrected chi connectivity index (χ1v) is 5.74. The third kappa shape index (κ3) is 4.31. The lowest BCUT2D eigenvalue weighted by Gasteiger charge is -2.12. The Kier molecular flexibility index (Phi) is 5.27. The molecule has 0 unspecified atom stereocenters. The van der Waals surface area contributed by atoms with Gasteiger partial charge in [0.15, 0.2) is 0 Å². The van der Waals surface area contributed by atoms with Crippen molar-refractivity contribution in [1.82, 2.24) is 0 Å². The van der Waals surface area contributed by atoms with E-state index in [2.05, 4.69) is 0 Å². The third-order valence-electron chi connectivity index (χ3n) is 2.44. The van der Waals surface area contributed by atoms with Crippen molar-refractivity contribution in [2.75, 3.05) is 6.61 Å². The maximum atomic E-state index is 11.5. The van der Waals surface area contributed by atoms with Crippen LogP contribution in [-0.4, -0.2) is 17.7 Å². The van der Waals surface area contributed by atoms with Gasteiger partial charge in [0, 0.05) is 5.92 Å². The van der Waals surface area contributed by atoms with Gasteiger partial charge in [-0.2, -0.15) is 0 Å². The number of allylic oxidation sites excluding steroid dienone is 2. The summed E-state index contributed by atoms with van der Waals surface area (Å²) in [4.78, 5) is 11.5. The van der Waals surface area contributed by atoms with Gasteiger partial charge in [-0.1, -0.05) is 24.3 Å². The molecule has 0 aliphatic carbocycles. The summed E-state index contributed by atoms with van der Waals surface area (Å²) < 4.78 is 4.94. The number of phenolic OH excluding ortho intramolecular Hbond substituents is 1. The number of benzene rings is 1. The number of rotatable bonds is 5. The lowest BCUT2D eigenvalue weighted by molar-refractivity contribution is -0.143. The minimum absolute atomic E-state index is 0.000324. The third-order valence-corrected chi connectivity index (χ3v) is 2.44. The molecule has 0 bridgehead atoms. The molecule has 0 fully saturated rings. The van der Waals surface area contributed by atoms with E-state index in [0.717, 1.165) is 5.56 Å². The van der Waals surface area contributed by atoms with Gasteiger partial charge in [0.25, 0.3) is 0 Å². The zero-order valence-corrected chi connectivity index (χ0v) is 10.2. The Morgan fingerprint density at radius 3 is 2.59 bits per heavy atom. The van der Waals surface area contributed by atoms with E-state index in [1.807, 2.05) is 31.2 Å². The zero-order chi connectivity index (χ0) is 12.7. The molecule has 0 aliphatic heterocycles. The fourth-order valence-electron chi connectivity index (χ4n) is 1.65. The van der Waals surface area contributed by atoms with Crippen LogP contribution in [0.1, 0.15) is 31.7 Å². The number of carbonyl (C=O) groups excluding carboxylic acids is 1. The Labute approximate surface area is 102 Å². The summed E-state index contributed by atoms with van der Waals surface area (Å²) in [7, 11) is 0. The summed E-state index contributed by atoms with van der Waals surface area (Å²) in [6.45, 7) is 4.11. The second-order valence-electron chi connectivity index (χ2n) is 3.73. The highest BCUT2D eigenvalue weighted by Crippen LogP contribution is 2.23. The van der Waals surface area contributed by atoms with Crippen LogP contribution in [0.2, 0.25) is 0 Å². The molecule has 1 rings (SSSR count). The second-order valence-corrected chi connectivity index (χ2v) is 3.73. The number of esters is 1. The molecule has 0 aliphatic rings. The van der Waals surface area contributed by atoms with Gasteiger partial charge < -0.3 is 9.84 Å². The van der Waals surface area contributed by atoms with Crippen molar-refractivity contribution in [2.24, 2.45) is 0 Å². The van der Waals surface area contributed by atoms with Crippen LogP contribution in [0.25, 0.3) is 0 Å². The lowest BCUT2D eigenvalue weighted by atomic mass is 9.95. The number of hydrogen-bond donors (Lipinski definition) is 1. The fourth-order valence-corrected chi connectivity index (χ4v) is 1.65. The molecular formula is C14H18O3. The van der Waals surface area contributed by atoms with Gasteiger partial charge in [0.05, 0.1) is 13.0 Å². The van der Waals surface area contributed by atoms with Crippen LogP contribution in [0.3, 0.4) is 0 Å². The van der Waals surface area contributed by atoms with E-state index < -0.39 is 0 Å². The first-order valence-electron chi connectivity index (χ1n) is 5.74. The quantitative estimate of drug-likeness (QED) is 0.629. The molecule has 0 saturated heterocycles. The Bertz CT molecular complexity index is 379. The molecule has 92 valence electrons. The smallest absolute Gasteiger partial charge is 0.306 e.